The molecule has 6 nitrogen and oxygen atoms in total. The lowest BCUT2D eigenvalue weighted by Crippen LogP contribution is -2.32. The van der Waals surface area contributed by atoms with Crippen LogP contribution in [0.1, 0.15) is 11.7 Å². The summed E-state index contributed by atoms with van der Waals surface area (Å²) >= 11 is 0. The molecular weight excluding hydrogens is 263 g/mol. The van der Waals surface area contributed by atoms with Crippen molar-refractivity contribution >= 4 is 11.8 Å². The van der Waals surface area contributed by atoms with Crippen molar-refractivity contribution in [2.45, 2.75) is 6.10 Å². The van der Waals surface area contributed by atoms with Gasteiger partial charge in [-0.25, -0.2) is 9.18 Å². The van der Waals surface area contributed by atoms with Gasteiger partial charge in [-0.2, -0.15) is 5.10 Å². The van der Waals surface area contributed by atoms with Crippen molar-refractivity contribution in [1.82, 2.24) is 15.5 Å². The number of halogens is 1. The van der Waals surface area contributed by atoms with Crippen LogP contribution in [0.2, 0.25) is 0 Å². The van der Waals surface area contributed by atoms with Crippen LogP contribution in [-0.4, -0.2) is 27.9 Å². The summed E-state index contributed by atoms with van der Waals surface area (Å²) in [5.74, 6) is -0.0735. The highest BCUT2D eigenvalue weighted by Crippen LogP contribution is 2.12. The van der Waals surface area contributed by atoms with E-state index in [1.807, 2.05) is 0 Å². The average molecular weight is 276 g/mol. The summed E-state index contributed by atoms with van der Waals surface area (Å²) in [6, 6.07) is 8.13. The van der Waals surface area contributed by atoms with Crippen LogP contribution in [-0.2, 0) is 0 Å². The summed E-state index contributed by atoms with van der Waals surface area (Å²) in [6.07, 6.45) is 0.574. The fourth-order valence-electron chi connectivity index (χ4n) is 1.52. The number of rotatable bonds is 4. The summed E-state index contributed by atoms with van der Waals surface area (Å²) in [5, 5.41) is 22.1. The van der Waals surface area contributed by atoms with Crippen molar-refractivity contribution in [2.24, 2.45) is 0 Å². The second kappa shape index (κ2) is 6.58. The summed E-state index contributed by atoms with van der Waals surface area (Å²) in [6.45, 7) is -0.00225. The molecule has 0 fully saturated rings. The van der Waals surface area contributed by atoms with Crippen LogP contribution in [0.3, 0.4) is 0 Å². The third kappa shape index (κ3) is 3.99. The molecule has 1 heterocycles. The van der Waals surface area contributed by atoms with E-state index < -0.39 is 12.1 Å². The van der Waals surface area contributed by atoms with Gasteiger partial charge in [-0.3, -0.25) is 5.32 Å². The molecule has 20 heavy (non-hydrogen) atoms. The van der Waals surface area contributed by atoms with Crippen molar-refractivity contribution in [2.75, 3.05) is 11.9 Å². The van der Waals surface area contributed by atoms with E-state index in [1.165, 1.54) is 30.5 Å². The zero-order chi connectivity index (χ0) is 14.4. The Morgan fingerprint density at radius 2 is 2.05 bits per heavy atom. The third-order valence-corrected chi connectivity index (χ3v) is 2.52. The molecule has 1 unspecified atom stereocenters. The number of aliphatic hydroxyl groups excluding tert-OH is 1. The molecule has 0 saturated carbocycles. The van der Waals surface area contributed by atoms with Crippen LogP contribution in [0.15, 0.2) is 42.6 Å². The molecule has 104 valence electrons. The molecule has 3 N–H and O–H groups in total. The fraction of sp³-hybridized carbons (Fsp3) is 0.154. The summed E-state index contributed by atoms with van der Waals surface area (Å²) < 4.78 is 12.7. The molecule has 7 heteroatoms. The van der Waals surface area contributed by atoms with Crippen LogP contribution >= 0.6 is 0 Å². The van der Waals surface area contributed by atoms with Crippen LogP contribution in [0, 0.1) is 5.82 Å². The Kier molecular flexibility index (Phi) is 4.56. The smallest absolute Gasteiger partial charge is 0.320 e. The Labute approximate surface area is 114 Å². The van der Waals surface area contributed by atoms with Gasteiger partial charge in [0.25, 0.3) is 0 Å². The van der Waals surface area contributed by atoms with Gasteiger partial charge in [-0.15, -0.1) is 5.10 Å². The maximum Gasteiger partial charge on any atom is 0.320 e. The molecule has 0 radical (unpaired) electrons. The number of benzene rings is 1. The van der Waals surface area contributed by atoms with Gasteiger partial charge in [0, 0.05) is 12.7 Å². The van der Waals surface area contributed by atoms with Gasteiger partial charge in [0.05, 0.1) is 6.10 Å². The molecule has 0 aliphatic heterocycles. The predicted molar refractivity (Wildman–Crippen MR) is 70.4 cm³/mol. The number of amides is 2. The van der Waals surface area contributed by atoms with Crippen molar-refractivity contribution in [1.29, 1.82) is 0 Å². The Morgan fingerprint density at radius 3 is 2.70 bits per heavy atom. The second-order valence-corrected chi connectivity index (χ2v) is 4.01. The lowest BCUT2D eigenvalue weighted by atomic mass is 10.1. The quantitative estimate of drug-likeness (QED) is 0.789. The van der Waals surface area contributed by atoms with Crippen molar-refractivity contribution in [3.63, 3.8) is 0 Å². The minimum Gasteiger partial charge on any atom is -0.387 e. The number of nitrogens with one attached hydrogen (secondary N) is 2. The number of carbonyl (C=O) groups excluding carboxylic acids is 1. The van der Waals surface area contributed by atoms with Crippen LogP contribution in [0.4, 0.5) is 15.0 Å². The van der Waals surface area contributed by atoms with E-state index in [-0.39, 0.29) is 12.4 Å². The number of anilines is 1. The van der Waals surface area contributed by atoms with E-state index in [0.717, 1.165) is 0 Å². The van der Waals surface area contributed by atoms with E-state index in [4.69, 9.17) is 0 Å². The molecule has 2 amide bonds. The summed E-state index contributed by atoms with van der Waals surface area (Å²) in [4.78, 5) is 11.5. The normalized spacial score (nSPS) is 11.7. The summed E-state index contributed by atoms with van der Waals surface area (Å²) in [5.41, 5.74) is 0.520. The van der Waals surface area contributed by atoms with Gasteiger partial charge in [-0.05, 0) is 29.8 Å². The fourth-order valence-corrected chi connectivity index (χ4v) is 1.52. The number of aromatic nitrogens is 2. The van der Waals surface area contributed by atoms with Crippen molar-refractivity contribution in [3.8, 4) is 0 Å². The highest BCUT2D eigenvalue weighted by molar-refractivity contribution is 5.88. The number of hydrogen-bond acceptors (Lipinski definition) is 4. The van der Waals surface area contributed by atoms with Gasteiger partial charge >= 0.3 is 6.03 Å². The molecule has 2 rings (SSSR count). The van der Waals surface area contributed by atoms with E-state index in [1.54, 1.807) is 12.1 Å². The lowest BCUT2D eigenvalue weighted by Gasteiger charge is -2.12. The van der Waals surface area contributed by atoms with Crippen molar-refractivity contribution in [3.05, 3.63) is 54.0 Å². The van der Waals surface area contributed by atoms with E-state index in [2.05, 4.69) is 20.8 Å². The molecule has 0 aliphatic rings. The van der Waals surface area contributed by atoms with Gasteiger partial charge in [-0.1, -0.05) is 12.1 Å². The van der Waals surface area contributed by atoms with Crippen LogP contribution < -0.4 is 10.6 Å². The minimum absolute atomic E-state index is 0.00225. The zero-order valence-electron chi connectivity index (χ0n) is 10.5. The summed E-state index contributed by atoms with van der Waals surface area (Å²) in [7, 11) is 0. The first-order chi connectivity index (χ1) is 9.65. The van der Waals surface area contributed by atoms with Gasteiger partial charge < -0.3 is 10.4 Å². The van der Waals surface area contributed by atoms with Gasteiger partial charge in [0.15, 0.2) is 5.82 Å². The number of hydrogen-bond donors (Lipinski definition) is 3. The Bertz CT molecular complexity index is 562. The molecule has 0 spiro atoms. The molecule has 0 bridgehead atoms. The Morgan fingerprint density at radius 1 is 1.30 bits per heavy atom. The second-order valence-electron chi connectivity index (χ2n) is 4.01. The van der Waals surface area contributed by atoms with E-state index >= 15 is 0 Å². The Balaban J connectivity index is 1.82. The highest BCUT2D eigenvalue weighted by Gasteiger charge is 2.09. The lowest BCUT2D eigenvalue weighted by molar-refractivity contribution is 0.175. The third-order valence-electron chi connectivity index (χ3n) is 2.52. The number of nitrogens with zero attached hydrogens (tertiary/aromatic N) is 2. The van der Waals surface area contributed by atoms with Gasteiger partial charge in [0.1, 0.15) is 5.82 Å². The standard InChI is InChI=1S/C13H13FN4O2/c14-10-5-3-9(4-6-10)11(19)8-15-13(20)17-12-2-1-7-16-18-12/h1-7,11,19H,8H2,(H2,15,17,18,20). The average Bonchev–Trinajstić information content (AvgIpc) is 2.46. The van der Waals surface area contributed by atoms with Crippen molar-refractivity contribution < 1.29 is 14.3 Å². The first-order valence-electron chi connectivity index (χ1n) is 5.91. The predicted octanol–water partition coefficient (Wildman–Crippen LogP) is 1.47. The SMILES string of the molecule is O=C(NCC(O)c1ccc(F)cc1)Nc1cccnn1. The first kappa shape index (κ1) is 13.9. The van der Waals surface area contributed by atoms with Gasteiger partial charge in [0.2, 0.25) is 0 Å². The van der Waals surface area contributed by atoms with Crippen LogP contribution in [0.5, 0.6) is 0 Å². The monoisotopic (exact) mass is 276 g/mol. The largest absolute Gasteiger partial charge is 0.387 e. The highest BCUT2D eigenvalue weighted by atomic mass is 19.1. The molecule has 0 aliphatic carbocycles. The molecule has 2 aromatic rings. The maximum atomic E-state index is 12.7. The molecule has 1 atom stereocenters. The topological polar surface area (TPSA) is 87.1 Å². The zero-order valence-corrected chi connectivity index (χ0v) is 10.5. The van der Waals surface area contributed by atoms with E-state index in [0.29, 0.717) is 11.4 Å². The number of urea groups is 1. The molecule has 1 aromatic carbocycles. The molecular formula is C13H13FN4O2. The maximum absolute atomic E-state index is 12.7. The van der Waals surface area contributed by atoms with Crippen LogP contribution in [0.25, 0.3) is 0 Å². The van der Waals surface area contributed by atoms with E-state index in [9.17, 15) is 14.3 Å². The number of aliphatic hydroxyl groups is 1. The first-order valence-corrected chi connectivity index (χ1v) is 5.91. The molecule has 0 saturated heterocycles. The molecule has 1 aromatic heterocycles. The minimum atomic E-state index is -0.914. The Hall–Kier alpha value is -2.54. The number of carbonyl (C=O) groups is 1.